The van der Waals surface area contributed by atoms with Gasteiger partial charge in [-0.2, -0.15) is 4.72 Å². The van der Waals surface area contributed by atoms with Gasteiger partial charge in [-0.1, -0.05) is 60.2 Å². The van der Waals surface area contributed by atoms with Crippen LogP contribution in [0.2, 0.25) is 0 Å². The Morgan fingerprint density at radius 3 is 2.19 bits per heavy atom. The monoisotopic (exact) mass is 521 g/mol. The standard InChI is InChI=1S/C28H31N3O5S/c1-17-13-18(2)26(19(3)14-17)37(35,36)31-25(27(32)33)16-22-10-9-21(20-7-5-4-6-8-20)15-24(22)30-28(34)29-23-11-12-23/h4-10,13-15,23,25,31H,11-12,16H2,1-3H3,(H,32,33)(H2,29,30,34)/t25-/m0/s1. The molecule has 0 unspecified atom stereocenters. The van der Waals surface area contributed by atoms with E-state index in [4.69, 9.17) is 0 Å². The summed E-state index contributed by atoms with van der Waals surface area (Å²) in [5.74, 6) is -1.31. The lowest BCUT2D eigenvalue weighted by Crippen LogP contribution is -2.43. The Morgan fingerprint density at radius 2 is 1.59 bits per heavy atom. The fourth-order valence-electron chi connectivity index (χ4n) is 4.49. The number of nitrogens with one attached hydrogen (secondary N) is 3. The zero-order valence-corrected chi connectivity index (χ0v) is 21.9. The average Bonchev–Trinajstić information content (AvgIpc) is 3.63. The molecule has 4 N–H and O–H groups in total. The molecule has 0 saturated heterocycles. The lowest BCUT2D eigenvalue weighted by Gasteiger charge is -2.20. The number of carbonyl (C=O) groups excluding carboxylic acids is 1. The summed E-state index contributed by atoms with van der Waals surface area (Å²) in [6.07, 6.45) is 1.68. The molecule has 3 aromatic carbocycles. The first-order chi connectivity index (χ1) is 17.5. The Bertz CT molecular complexity index is 1410. The van der Waals surface area contributed by atoms with Gasteiger partial charge in [0.2, 0.25) is 10.0 Å². The molecule has 0 spiro atoms. The molecule has 0 aliphatic heterocycles. The Kier molecular flexibility index (Phi) is 7.65. The number of amides is 2. The molecule has 8 nitrogen and oxygen atoms in total. The molecule has 4 rings (SSSR count). The maximum absolute atomic E-state index is 13.3. The van der Waals surface area contributed by atoms with Crippen LogP contribution >= 0.6 is 0 Å². The number of hydrogen-bond acceptors (Lipinski definition) is 4. The first-order valence-corrected chi connectivity index (χ1v) is 13.6. The molecule has 0 heterocycles. The van der Waals surface area contributed by atoms with Gasteiger partial charge >= 0.3 is 12.0 Å². The molecular formula is C28H31N3O5S. The molecular weight excluding hydrogens is 490 g/mol. The summed E-state index contributed by atoms with van der Waals surface area (Å²) >= 11 is 0. The van der Waals surface area contributed by atoms with E-state index in [1.54, 1.807) is 38.1 Å². The van der Waals surface area contributed by atoms with Crippen molar-refractivity contribution < 1.29 is 23.1 Å². The molecule has 37 heavy (non-hydrogen) atoms. The third-order valence-electron chi connectivity index (χ3n) is 6.27. The molecule has 0 bridgehead atoms. The van der Waals surface area contributed by atoms with Crippen LogP contribution in [-0.4, -0.2) is 37.6 Å². The van der Waals surface area contributed by atoms with Gasteiger partial charge in [0, 0.05) is 18.2 Å². The van der Waals surface area contributed by atoms with Crippen molar-refractivity contribution in [3.8, 4) is 11.1 Å². The van der Waals surface area contributed by atoms with E-state index in [1.807, 2.05) is 43.3 Å². The number of carboxylic acid groups (broad SMARTS) is 1. The van der Waals surface area contributed by atoms with Crippen LogP contribution in [-0.2, 0) is 21.2 Å². The van der Waals surface area contributed by atoms with Crippen molar-refractivity contribution in [3.63, 3.8) is 0 Å². The molecule has 0 radical (unpaired) electrons. The van der Waals surface area contributed by atoms with Crippen molar-refractivity contribution in [3.05, 3.63) is 82.9 Å². The fourth-order valence-corrected chi connectivity index (χ4v) is 6.13. The SMILES string of the molecule is Cc1cc(C)c(S(=O)(=O)N[C@@H](Cc2ccc(-c3ccccc3)cc2NC(=O)NC2CC2)C(=O)O)c(C)c1. The highest BCUT2D eigenvalue weighted by Gasteiger charge is 2.29. The predicted molar refractivity (Wildman–Crippen MR) is 143 cm³/mol. The minimum absolute atomic E-state index is 0.0749. The molecule has 194 valence electrons. The van der Waals surface area contributed by atoms with Crippen molar-refractivity contribution in [1.82, 2.24) is 10.0 Å². The van der Waals surface area contributed by atoms with Gasteiger partial charge in [0.15, 0.2) is 0 Å². The van der Waals surface area contributed by atoms with Crippen LogP contribution < -0.4 is 15.4 Å². The van der Waals surface area contributed by atoms with Gasteiger partial charge in [0.25, 0.3) is 0 Å². The lowest BCUT2D eigenvalue weighted by molar-refractivity contribution is -0.138. The summed E-state index contributed by atoms with van der Waals surface area (Å²) in [7, 11) is -4.13. The Labute approximate surface area is 217 Å². The van der Waals surface area contributed by atoms with Crippen LogP contribution in [0.15, 0.2) is 65.6 Å². The van der Waals surface area contributed by atoms with Crippen molar-refractivity contribution in [2.45, 2.75) is 57.0 Å². The van der Waals surface area contributed by atoms with Crippen molar-refractivity contribution in [2.75, 3.05) is 5.32 Å². The number of benzene rings is 3. The minimum atomic E-state index is -4.13. The summed E-state index contributed by atoms with van der Waals surface area (Å²) in [6.45, 7) is 5.25. The first kappa shape index (κ1) is 26.4. The van der Waals surface area contributed by atoms with Gasteiger partial charge in [-0.25, -0.2) is 13.2 Å². The van der Waals surface area contributed by atoms with Crippen molar-refractivity contribution in [2.24, 2.45) is 0 Å². The zero-order valence-electron chi connectivity index (χ0n) is 21.0. The second-order valence-electron chi connectivity index (χ2n) is 9.55. The highest BCUT2D eigenvalue weighted by Crippen LogP contribution is 2.28. The van der Waals surface area contributed by atoms with E-state index in [9.17, 15) is 23.1 Å². The van der Waals surface area contributed by atoms with Gasteiger partial charge in [0.1, 0.15) is 6.04 Å². The Balaban J connectivity index is 1.65. The second kappa shape index (κ2) is 10.7. The van der Waals surface area contributed by atoms with E-state index in [1.165, 1.54) is 0 Å². The fraction of sp³-hybridized carbons (Fsp3) is 0.286. The highest BCUT2D eigenvalue weighted by molar-refractivity contribution is 7.89. The van der Waals surface area contributed by atoms with Crippen LogP contribution in [0, 0.1) is 20.8 Å². The molecule has 9 heteroatoms. The van der Waals surface area contributed by atoms with Crippen LogP contribution in [0.1, 0.15) is 35.1 Å². The summed E-state index contributed by atoms with van der Waals surface area (Å²) < 4.78 is 28.9. The minimum Gasteiger partial charge on any atom is -0.480 e. The van der Waals surface area contributed by atoms with Crippen molar-refractivity contribution >= 4 is 27.7 Å². The van der Waals surface area contributed by atoms with Gasteiger partial charge in [0.05, 0.1) is 4.90 Å². The molecule has 1 aliphatic rings. The summed E-state index contributed by atoms with van der Waals surface area (Å²) in [4.78, 5) is 24.8. The first-order valence-electron chi connectivity index (χ1n) is 12.1. The summed E-state index contributed by atoms with van der Waals surface area (Å²) in [5, 5.41) is 15.6. The number of anilines is 1. The largest absolute Gasteiger partial charge is 0.480 e. The lowest BCUT2D eigenvalue weighted by atomic mass is 9.98. The molecule has 0 aromatic heterocycles. The van der Waals surface area contributed by atoms with Gasteiger partial charge in [-0.05, 0) is 67.5 Å². The maximum atomic E-state index is 13.3. The van der Waals surface area contributed by atoms with Crippen LogP contribution in [0.4, 0.5) is 10.5 Å². The topological polar surface area (TPSA) is 125 Å². The van der Waals surface area contributed by atoms with E-state index < -0.39 is 22.0 Å². The average molecular weight is 522 g/mol. The molecule has 1 aliphatic carbocycles. The molecule has 1 atom stereocenters. The smallest absolute Gasteiger partial charge is 0.322 e. The van der Waals surface area contributed by atoms with Crippen molar-refractivity contribution in [1.29, 1.82) is 0 Å². The Hall–Kier alpha value is -3.69. The Morgan fingerprint density at radius 1 is 0.946 bits per heavy atom. The van der Waals surface area contributed by atoms with Crippen LogP contribution in [0.25, 0.3) is 11.1 Å². The number of sulfonamides is 1. The third-order valence-corrected chi connectivity index (χ3v) is 8.05. The van der Waals surface area contributed by atoms with E-state index in [0.717, 1.165) is 29.5 Å². The van der Waals surface area contributed by atoms with E-state index in [-0.39, 0.29) is 23.4 Å². The number of urea groups is 1. The van der Waals surface area contributed by atoms with Gasteiger partial charge < -0.3 is 15.7 Å². The highest BCUT2D eigenvalue weighted by atomic mass is 32.2. The van der Waals surface area contributed by atoms with Crippen LogP contribution in [0.5, 0.6) is 0 Å². The molecule has 1 saturated carbocycles. The quantitative estimate of drug-likeness (QED) is 0.329. The van der Waals surface area contributed by atoms with E-state index >= 15 is 0 Å². The van der Waals surface area contributed by atoms with Gasteiger partial charge in [-0.15, -0.1) is 0 Å². The number of rotatable bonds is 9. The molecule has 3 aromatic rings. The second-order valence-corrected chi connectivity index (χ2v) is 11.2. The van der Waals surface area contributed by atoms with E-state index in [0.29, 0.717) is 22.4 Å². The molecule has 2 amide bonds. The predicted octanol–water partition coefficient (Wildman–Crippen LogP) is 4.54. The normalized spacial score (nSPS) is 14.1. The van der Waals surface area contributed by atoms with Gasteiger partial charge in [-0.3, -0.25) is 4.79 Å². The number of carboxylic acids is 1. The van der Waals surface area contributed by atoms with Crippen LogP contribution in [0.3, 0.4) is 0 Å². The summed E-state index contributed by atoms with van der Waals surface area (Å²) in [6, 6.07) is 16.7. The third kappa shape index (κ3) is 6.55. The molecule has 1 fully saturated rings. The van der Waals surface area contributed by atoms with E-state index in [2.05, 4.69) is 15.4 Å². The number of carbonyl (C=O) groups is 2. The summed E-state index contributed by atoms with van der Waals surface area (Å²) in [5.41, 5.74) is 4.69. The number of aryl methyl sites for hydroxylation is 3. The number of aliphatic carboxylic acids is 1. The zero-order chi connectivity index (χ0) is 26.7. The maximum Gasteiger partial charge on any atom is 0.322 e. The number of hydrogen-bond donors (Lipinski definition) is 4.